The van der Waals surface area contributed by atoms with Gasteiger partial charge in [0.1, 0.15) is 0 Å². The maximum Gasteiger partial charge on any atom is 0.154 e. The molecule has 2 aromatic heterocycles. The lowest BCUT2D eigenvalue weighted by Gasteiger charge is -2.22. The molecule has 0 radical (unpaired) electrons. The molecule has 3 rings (SSSR count). The highest BCUT2D eigenvalue weighted by Crippen LogP contribution is 2.29. The van der Waals surface area contributed by atoms with Gasteiger partial charge >= 0.3 is 0 Å². The average Bonchev–Trinajstić information content (AvgIpc) is 2.69. The fourth-order valence-electron chi connectivity index (χ4n) is 2.41. The van der Waals surface area contributed by atoms with E-state index in [0.29, 0.717) is 5.92 Å². The van der Waals surface area contributed by atoms with Crippen molar-refractivity contribution >= 4 is 22.8 Å². The second-order valence-corrected chi connectivity index (χ2v) is 4.65. The van der Waals surface area contributed by atoms with Crippen molar-refractivity contribution in [2.45, 2.75) is 18.8 Å². The number of rotatable bonds is 1. The molecule has 3 nitrogen and oxygen atoms in total. The minimum atomic E-state index is 0.514. The van der Waals surface area contributed by atoms with Crippen molar-refractivity contribution in [1.29, 1.82) is 0 Å². The number of pyridine rings is 1. The van der Waals surface area contributed by atoms with Gasteiger partial charge in [0.05, 0.1) is 0 Å². The SMILES string of the molecule is Cln1c(C2CCCNC2)cc2cccnc21. The first-order valence-corrected chi connectivity index (χ1v) is 6.03. The Labute approximate surface area is 99.5 Å². The van der Waals surface area contributed by atoms with E-state index in [1.165, 1.54) is 18.5 Å². The van der Waals surface area contributed by atoms with Crippen LogP contribution in [0.1, 0.15) is 24.5 Å². The molecule has 0 aromatic carbocycles. The molecule has 1 N–H and O–H groups in total. The molecule has 0 aliphatic carbocycles. The number of hydrogen-bond donors (Lipinski definition) is 1. The van der Waals surface area contributed by atoms with Gasteiger partial charge in [-0.25, -0.2) is 9.07 Å². The monoisotopic (exact) mass is 235 g/mol. The molecule has 1 unspecified atom stereocenters. The molecule has 84 valence electrons. The molecular weight excluding hydrogens is 222 g/mol. The van der Waals surface area contributed by atoms with Gasteiger partial charge in [-0.15, -0.1) is 0 Å². The third-order valence-corrected chi connectivity index (χ3v) is 3.60. The number of fused-ring (bicyclic) bond motifs is 1. The smallest absolute Gasteiger partial charge is 0.154 e. The molecule has 1 fully saturated rings. The number of aromatic nitrogens is 2. The van der Waals surface area contributed by atoms with Crippen LogP contribution in [0.2, 0.25) is 0 Å². The quantitative estimate of drug-likeness (QED) is 0.823. The predicted molar refractivity (Wildman–Crippen MR) is 65.8 cm³/mol. The van der Waals surface area contributed by atoms with E-state index >= 15 is 0 Å². The van der Waals surface area contributed by atoms with Crippen molar-refractivity contribution < 1.29 is 0 Å². The minimum Gasteiger partial charge on any atom is -0.316 e. The number of nitrogens with one attached hydrogen (secondary N) is 1. The van der Waals surface area contributed by atoms with Crippen molar-refractivity contribution in [2.75, 3.05) is 13.1 Å². The summed E-state index contributed by atoms with van der Waals surface area (Å²) in [5.41, 5.74) is 2.05. The summed E-state index contributed by atoms with van der Waals surface area (Å²) in [7, 11) is 0. The normalized spacial score (nSPS) is 21.4. The lowest BCUT2D eigenvalue weighted by atomic mass is 9.96. The van der Waals surface area contributed by atoms with Crippen LogP contribution in [0, 0.1) is 0 Å². The van der Waals surface area contributed by atoms with Gasteiger partial charge in [-0.1, -0.05) is 0 Å². The first-order chi connectivity index (χ1) is 7.86. The van der Waals surface area contributed by atoms with Gasteiger partial charge in [0.15, 0.2) is 5.65 Å². The second kappa shape index (κ2) is 4.07. The number of hydrogen-bond acceptors (Lipinski definition) is 2. The molecule has 2 aromatic rings. The molecule has 1 atom stereocenters. The highest BCUT2D eigenvalue weighted by Gasteiger charge is 2.20. The Kier molecular flexibility index (Phi) is 2.58. The summed E-state index contributed by atoms with van der Waals surface area (Å²) >= 11 is 6.32. The van der Waals surface area contributed by atoms with Crippen LogP contribution in [0.25, 0.3) is 11.0 Å². The van der Waals surface area contributed by atoms with Gasteiger partial charge in [0.2, 0.25) is 0 Å². The van der Waals surface area contributed by atoms with E-state index in [2.05, 4.69) is 22.4 Å². The van der Waals surface area contributed by atoms with E-state index in [-0.39, 0.29) is 0 Å². The van der Waals surface area contributed by atoms with E-state index in [1.54, 1.807) is 10.3 Å². The summed E-state index contributed by atoms with van der Waals surface area (Å²) in [5, 5.41) is 4.54. The molecule has 1 aliphatic heterocycles. The predicted octanol–water partition coefficient (Wildman–Crippen LogP) is 2.51. The Hall–Kier alpha value is -1.06. The fourth-order valence-corrected chi connectivity index (χ4v) is 2.73. The van der Waals surface area contributed by atoms with E-state index in [0.717, 1.165) is 24.1 Å². The third-order valence-electron chi connectivity index (χ3n) is 3.25. The molecular formula is C12H14ClN3. The van der Waals surface area contributed by atoms with Gasteiger partial charge in [0, 0.05) is 41.5 Å². The van der Waals surface area contributed by atoms with E-state index in [9.17, 15) is 0 Å². The van der Waals surface area contributed by atoms with Crippen molar-refractivity contribution in [2.24, 2.45) is 0 Å². The number of piperidine rings is 1. The van der Waals surface area contributed by atoms with Crippen LogP contribution in [0.15, 0.2) is 24.4 Å². The largest absolute Gasteiger partial charge is 0.316 e. The molecule has 16 heavy (non-hydrogen) atoms. The van der Waals surface area contributed by atoms with Crippen molar-refractivity contribution in [3.63, 3.8) is 0 Å². The van der Waals surface area contributed by atoms with E-state index in [1.807, 2.05) is 6.07 Å². The molecule has 3 heterocycles. The fraction of sp³-hybridized carbons (Fsp3) is 0.417. The molecule has 4 heteroatoms. The zero-order chi connectivity index (χ0) is 11.0. The van der Waals surface area contributed by atoms with Gasteiger partial charge in [-0.05, 0) is 37.6 Å². The Morgan fingerprint density at radius 1 is 1.50 bits per heavy atom. The van der Waals surface area contributed by atoms with Crippen LogP contribution in [-0.4, -0.2) is 22.2 Å². The van der Waals surface area contributed by atoms with Gasteiger partial charge in [-0.3, -0.25) is 0 Å². The standard InChI is InChI=1S/C12H14ClN3/c13-16-11(10-4-1-5-14-8-10)7-9-3-2-6-15-12(9)16/h2-3,6-7,10,14H,1,4-5,8H2. The van der Waals surface area contributed by atoms with Crippen molar-refractivity contribution in [3.8, 4) is 0 Å². The highest BCUT2D eigenvalue weighted by atomic mass is 35.5. The summed E-state index contributed by atoms with van der Waals surface area (Å²) in [6.45, 7) is 2.14. The summed E-state index contributed by atoms with van der Waals surface area (Å²) in [4.78, 5) is 4.31. The first kappa shape index (κ1) is 10.1. The number of halogens is 1. The van der Waals surface area contributed by atoms with Gasteiger partial charge in [0.25, 0.3) is 0 Å². The minimum absolute atomic E-state index is 0.514. The topological polar surface area (TPSA) is 29.9 Å². The van der Waals surface area contributed by atoms with E-state index in [4.69, 9.17) is 11.8 Å². The molecule has 0 amide bonds. The zero-order valence-electron chi connectivity index (χ0n) is 8.99. The van der Waals surface area contributed by atoms with Gasteiger partial charge < -0.3 is 5.32 Å². The molecule has 0 spiro atoms. The summed E-state index contributed by atoms with van der Waals surface area (Å²) < 4.78 is 1.72. The van der Waals surface area contributed by atoms with Crippen LogP contribution in [0.4, 0.5) is 0 Å². The van der Waals surface area contributed by atoms with Crippen molar-refractivity contribution in [1.82, 2.24) is 14.4 Å². The maximum atomic E-state index is 6.32. The van der Waals surface area contributed by atoms with Crippen LogP contribution in [0.3, 0.4) is 0 Å². The lowest BCUT2D eigenvalue weighted by molar-refractivity contribution is 0.454. The van der Waals surface area contributed by atoms with Crippen LogP contribution in [0.5, 0.6) is 0 Å². The maximum absolute atomic E-state index is 6.32. The number of nitrogens with zero attached hydrogens (tertiary/aromatic N) is 2. The van der Waals surface area contributed by atoms with Crippen LogP contribution >= 0.6 is 11.8 Å². The second-order valence-electron chi connectivity index (χ2n) is 4.31. The van der Waals surface area contributed by atoms with Crippen molar-refractivity contribution in [3.05, 3.63) is 30.1 Å². The molecule has 1 aliphatic rings. The lowest BCUT2D eigenvalue weighted by Crippen LogP contribution is -2.29. The Morgan fingerprint density at radius 3 is 3.19 bits per heavy atom. The van der Waals surface area contributed by atoms with Gasteiger partial charge in [-0.2, -0.15) is 0 Å². The summed E-state index contributed by atoms with van der Waals surface area (Å²) in [5.74, 6) is 0.514. The molecule has 1 saturated heterocycles. The van der Waals surface area contributed by atoms with Crippen LogP contribution in [-0.2, 0) is 0 Å². The molecule has 0 saturated carbocycles. The van der Waals surface area contributed by atoms with E-state index < -0.39 is 0 Å². The third kappa shape index (κ3) is 1.60. The molecule has 0 bridgehead atoms. The highest BCUT2D eigenvalue weighted by molar-refractivity contribution is 6.19. The Morgan fingerprint density at radius 2 is 2.44 bits per heavy atom. The van der Waals surface area contributed by atoms with Crippen LogP contribution < -0.4 is 5.32 Å². The Bertz CT molecular complexity index is 500. The average molecular weight is 236 g/mol. The zero-order valence-corrected chi connectivity index (χ0v) is 9.74. The summed E-state index contributed by atoms with van der Waals surface area (Å²) in [6.07, 6.45) is 4.21. The summed E-state index contributed by atoms with van der Waals surface area (Å²) in [6, 6.07) is 6.16. The first-order valence-electron chi connectivity index (χ1n) is 5.69. The Balaban J connectivity index is 2.05.